The van der Waals surface area contributed by atoms with E-state index in [0.717, 1.165) is 18.5 Å². The molecule has 8 nitrogen and oxygen atoms in total. The molecule has 0 saturated carbocycles. The van der Waals surface area contributed by atoms with E-state index in [-0.39, 0.29) is 12.0 Å². The van der Waals surface area contributed by atoms with Crippen LogP contribution in [0.5, 0.6) is 0 Å². The number of nitrogens with one attached hydrogen (secondary N) is 4. The van der Waals surface area contributed by atoms with Crippen LogP contribution >= 0.6 is 23.2 Å². The Morgan fingerprint density at radius 2 is 1.90 bits per heavy atom. The van der Waals surface area contributed by atoms with E-state index in [1.54, 1.807) is 18.3 Å². The quantitative estimate of drug-likeness (QED) is 0.185. The van der Waals surface area contributed by atoms with Gasteiger partial charge in [0.1, 0.15) is 5.82 Å². The third kappa shape index (κ3) is 8.65. The van der Waals surface area contributed by atoms with Gasteiger partial charge in [-0.15, -0.1) is 0 Å². The maximum absolute atomic E-state index is 12.6. The Bertz CT molecular complexity index is 918. The first-order chi connectivity index (χ1) is 14.9. The molecule has 0 radical (unpaired) electrons. The van der Waals surface area contributed by atoms with Gasteiger partial charge in [0.25, 0.3) is 5.91 Å². The van der Waals surface area contributed by atoms with E-state index in [9.17, 15) is 14.7 Å². The summed E-state index contributed by atoms with van der Waals surface area (Å²) in [5.74, 6) is -0.903. The summed E-state index contributed by atoms with van der Waals surface area (Å²) in [6, 6.07) is 9.34. The fourth-order valence-electron chi connectivity index (χ4n) is 2.67. The van der Waals surface area contributed by atoms with Gasteiger partial charge in [0.05, 0.1) is 18.0 Å². The summed E-state index contributed by atoms with van der Waals surface area (Å²) in [6.07, 6.45) is 4.42. The van der Waals surface area contributed by atoms with Crippen LogP contribution in [0.2, 0.25) is 10.0 Å². The van der Waals surface area contributed by atoms with Crippen molar-refractivity contribution >= 4 is 47.1 Å². The lowest BCUT2D eigenvalue weighted by Gasteiger charge is -2.18. The van der Waals surface area contributed by atoms with Crippen LogP contribution in [0.1, 0.15) is 24.4 Å². The van der Waals surface area contributed by atoms with Gasteiger partial charge in [0.2, 0.25) is 0 Å². The van der Waals surface area contributed by atoms with E-state index in [1.165, 1.54) is 12.3 Å². The van der Waals surface area contributed by atoms with Crippen molar-refractivity contribution in [2.24, 2.45) is 0 Å². The lowest BCUT2D eigenvalue weighted by Crippen LogP contribution is -2.32. The van der Waals surface area contributed by atoms with Crippen LogP contribution in [-0.2, 0) is 9.59 Å². The molecular weight excluding hydrogens is 441 g/mol. The standard InChI is InChI=1S/C21H23Cl2N5O3/c22-16-8-14(9-17(23)10-16)18(11-20(29)30)28-21(31)15(12-24)13-25-5-3-7-27-19-4-1-2-6-26-19/h1-2,4,6,8-10,12-13,18,24-25H,3,5,7,11H2,(H,26,27)(H,28,31)(H,29,30)/b15-13+,24-12?/t18-/m0/s1. The fourth-order valence-corrected chi connectivity index (χ4v) is 3.22. The molecule has 0 spiro atoms. The summed E-state index contributed by atoms with van der Waals surface area (Å²) in [6.45, 7) is 1.24. The highest BCUT2D eigenvalue weighted by atomic mass is 35.5. The van der Waals surface area contributed by atoms with E-state index < -0.39 is 17.9 Å². The fraction of sp³-hybridized carbons (Fsp3) is 0.238. The van der Waals surface area contributed by atoms with Crippen LogP contribution < -0.4 is 16.0 Å². The number of carboxylic acid groups (broad SMARTS) is 1. The van der Waals surface area contributed by atoms with E-state index in [0.29, 0.717) is 28.7 Å². The number of nitrogens with zero attached hydrogens (tertiary/aromatic N) is 1. The molecule has 1 amide bonds. The number of hydrogen-bond acceptors (Lipinski definition) is 6. The lowest BCUT2D eigenvalue weighted by molar-refractivity contribution is -0.137. The number of aromatic nitrogens is 1. The largest absolute Gasteiger partial charge is 0.481 e. The molecule has 0 aliphatic rings. The molecule has 1 aromatic heterocycles. The van der Waals surface area contributed by atoms with Crippen molar-refractivity contribution in [2.45, 2.75) is 18.9 Å². The second kappa shape index (κ2) is 12.6. The maximum Gasteiger partial charge on any atom is 0.305 e. The second-order valence-corrected chi connectivity index (χ2v) is 7.39. The highest BCUT2D eigenvalue weighted by molar-refractivity contribution is 6.34. The third-order valence-corrected chi connectivity index (χ3v) is 4.55. The van der Waals surface area contributed by atoms with E-state index in [4.69, 9.17) is 28.6 Å². The first kappa shape index (κ1) is 24.2. The number of carbonyl (C=O) groups excluding carboxylic acids is 1. The molecule has 0 fully saturated rings. The van der Waals surface area contributed by atoms with Gasteiger partial charge >= 0.3 is 5.97 Å². The number of carboxylic acids is 1. The highest BCUT2D eigenvalue weighted by Crippen LogP contribution is 2.25. The van der Waals surface area contributed by atoms with Crippen LogP contribution in [0, 0.1) is 5.41 Å². The number of aliphatic carboxylic acids is 1. The average molecular weight is 464 g/mol. The zero-order valence-corrected chi connectivity index (χ0v) is 18.1. The number of amides is 1. The van der Waals surface area contributed by atoms with Crippen LogP contribution in [0.25, 0.3) is 0 Å². The summed E-state index contributed by atoms with van der Waals surface area (Å²) in [4.78, 5) is 28.0. The average Bonchev–Trinajstić information content (AvgIpc) is 2.72. The third-order valence-electron chi connectivity index (χ3n) is 4.12. The minimum atomic E-state index is -1.10. The van der Waals surface area contributed by atoms with Crippen LogP contribution in [0.15, 0.2) is 54.4 Å². The van der Waals surface area contributed by atoms with Crippen LogP contribution in [0.3, 0.4) is 0 Å². The first-order valence-corrected chi connectivity index (χ1v) is 10.2. The molecule has 0 saturated heterocycles. The highest BCUT2D eigenvalue weighted by Gasteiger charge is 2.20. The van der Waals surface area contributed by atoms with Gasteiger partial charge in [-0.2, -0.15) is 0 Å². The predicted octanol–water partition coefficient (Wildman–Crippen LogP) is 3.65. The smallest absolute Gasteiger partial charge is 0.305 e. The minimum absolute atomic E-state index is 0.0567. The molecule has 0 unspecified atom stereocenters. The van der Waals surface area contributed by atoms with E-state index in [1.807, 2.05) is 18.2 Å². The Hall–Kier alpha value is -3.10. The van der Waals surface area contributed by atoms with Crippen molar-refractivity contribution in [3.63, 3.8) is 0 Å². The minimum Gasteiger partial charge on any atom is -0.481 e. The van der Waals surface area contributed by atoms with Gasteiger partial charge in [0, 0.05) is 41.7 Å². The molecule has 1 aromatic carbocycles. The summed E-state index contributed by atoms with van der Waals surface area (Å²) in [5, 5.41) is 26.1. The van der Waals surface area contributed by atoms with Gasteiger partial charge in [-0.05, 0) is 42.3 Å². The van der Waals surface area contributed by atoms with Crippen LogP contribution in [-0.4, -0.2) is 41.3 Å². The van der Waals surface area contributed by atoms with Crippen molar-refractivity contribution < 1.29 is 14.7 Å². The number of halogens is 2. The molecule has 1 heterocycles. The molecule has 5 N–H and O–H groups in total. The Morgan fingerprint density at radius 3 is 2.52 bits per heavy atom. The summed E-state index contributed by atoms with van der Waals surface area (Å²) >= 11 is 12.0. The molecule has 31 heavy (non-hydrogen) atoms. The molecule has 0 aliphatic carbocycles. The number of rotatable bonds is 12. The molecule has 2 aromatic rings. The lowest BCUT2D eigenvalue weighted by atomic mass is 10.0. The van der Waals surface area contributed by atoms with Gasteiger partial charge in [-0.1, -0.05) is 29.3 Å². The van der Waals surface area contributed by atoms with Gasteiger partial charge in [-0.25, -0.2) is 4.98 Å². The van der Waals surface area contributed by atoms with Crippen molar-refractivity contribution in [3.05, 3.63) is 70.0 Å². The number of hydrogen-bond donors (Lipinski definition) is 5. The van der Waals surface area contributed by atoms with Crippen molar-refractivity contribution in [2.75, 3.05) is 18.4 Å². The summed E-state index contributed by atoms with van der Waals surface area (Å²) < 4.78 is 0. The molecule has 2 rings (SSSR count). The second-order valence-electron chi connectivity index (χ2n) is 6.52. The van der Waals surface area contributed by atoms with Gasteiger partial charge in [-0.3, -0.25) is 9.59 Å². The van der Waals surface area contributed by atoms with Gasteiger partial charge in [0.15, 0.2) is 0 Å². The van der Waals surface area contributed by atoms with Gasteiger partial charge < -0.3 is 26.5 Å². The van der Waals surface area contributed by atoms with Crippen molar-refractivity contribution in [3.8, 4) is 0 Å². The number of pyridine rings is 1. The number of benzene rings is 1. The Labute approximate surface area is 190 Å². The Balaban J connectivity index is 1.92. The SMILES string of the molecule is N=C/C(=C\NCCCNc1ccccn1)C(=O)N[C@@H](CC(=O)O)c1cc(Cl)cc(Cl)c1. The monoisotopic (exact) mass is 463 g/mol. The van der Waals surface area contributed by atoms with Crippen molar-refractivity contribution in [1.82, 2.24) is 15.6 Å². The maximum atomic E-state index is 12.6. The molecule has 1 atom stereocenters. The predicted molar refractivity (Wildman–Crippen MR) is 122 cm³/mol. The van der Waals surface area contributed by atoms with Crippen molar-refractivity contribution in [1.29, 1.82) is 5.41 Å². The normalized spacial score (nSPS) is 12.0. The summed E-state index contributed by atoms with van der Waals surface area (Å²) in [5.41, 5.74) is 0.521. The topological polar surface area (TPSA) is 127 Å². The molecule has 10 heteroatoms. The zero-order valence-electron chi connectivity index (χ0n) is 16.6. The van der Waals surface area contributed by atoms with Crippen LogP contribution in [0.4, 0.5) is 5.82 Å². The number of anilines is 1. The first-order valence-electron chi connectivity index (χ1n) is 9.46. The molecule has 0 bridgehead atoms. The molecular formula is C21H23Cl2N5O3. The van der Waals surface area contributed by atoms with E-state index >= 15 is 0 Å². The Morgan fingerprint density at radius 1 is 1.16 bits per heavy atom. The summed E-state index contributed by atoms with van der Waals surface area (Å²) in [7, 11) is 0. The molecule has 0 aliphatic heterocycles. The zero-order chi connectivity index (χ0) is 22.6. The Kier molecular flexibility index (Phi) is 9.80. The number of carbonyl (C=O) groups is 2. The van der Waals surface area contributed by atoms with E-state index in [2.05, 4.69) is 20.9 Å². The molecule has 164 valence electrons.